The van der Waals surface area contributed by atoms with Crippen molar-refractivity contribution in [2.24, 2.45) is 5.41 Å². The number of aliphatic hydroxyl groups excluding tert-OH is 1. The van der Waals surface area contributed by atoms with Gasteiger partial charge in [-0.05, 0) is 42.5 Å². The Kier molecular flexibility index (Phi) is 6.05. The lowest BCUT2D eigenvalue weighted by atomic mass is 9.89. The van der Waals surface area contributed by atoms with Gasteiger partial charge in [0.25, 0.3) is 0 Å². The molecular weight excluding hydrogens is 266 g/mol. The average Bonchev–Trinajstić information content (AvgIpc) is 2.42. The quantitative estimate of drug-likeness (QED) is 0.847. The van der Waals surface area contributed by atoms with Crippen molar-refractivity contribution < 1.29 is 14.6 Å². The first kappa shape index (κ1) is 17.8. The molecule has 0 bridgehead atoms. The van der Waals surface area contributed by atoms with Crippen molar-refractivity contribution in [3.05, 3.63) is 23.3 Å². The van der Waals surface area contributed by atoms with E-state index in [1.54, 1.807) is 14.2 Å². The number of aliphatic hydroxyl groups is 1. The number of hydrogen-bond donors (Lipinski definition) is 2. The number of rotatable bonds is 6. The molecule has 1 rings (SSSR count). The van der Waals surface area contributed by atoms with Gasteiger partial charge in [0.2, 0.25) is 0 Å². The third-order valence-corrected chi connectivity index (χ3v) is 3.86. The van der Waals surface area contributed by atoms with Crippen LogP contribution in [0.1, 0.15) is 44.9 Å². The van der Waals surface area contributed by atoms with Crippen LogP contribution in [0.2, 0.25) is 0 Å². The molecule has 2 atom stereocenters. The van der Waals surface area contributed by atoms with E-state index in [-0.39, 0.29) is 17.6 Å². The second-order valence-corrected chi connectivity index (χ2v) is 6.58. The highest BCUT2D eigenvalue weighted by molar-refractivity contribution is 5.47. The fourth-order valence-corrected chi connectivity index (χ4v) is 2.17. The maximum atomic E-state index is 10.1. The van der Waals surface area contributed by atoms with Gasteiger partial charge in [-0.2, -0.15) is 0 Å². The molecule has 0 saturated carbocycles. The Hall–Kier alpha value is -1.26. The number of aryl methyl sites for hydroxylation is 1. The zero-order valence-corrected chi connectivity index (χ0v) is 14.3. The molecule has 0 radical (unpaired) electrons. The molecule has 0 aliphatic carbocycles. The van der Waals surface area contributed by atoms with Crippen LogP contribution < -0.4 is 14.8 Å². The molecule has 0 aliphatic heterocycles. The summed E-state index contributed by atoms with van der Waals surface area (Å²) in [4.78, 5) is 0. The molecule has 0 aromatic heterocycles. The normalized spacial score (nSPS) is 14.7. The molecule has 0 spiro atoms. The van der Waals surface area contributed by atoms with Gasteiger partial charge in [0.05, 0.1) is 20.3 Å². The number of hydrogen-bond acceptors (Lipinski definition) is 4. The van der Waals surface area contributed by atoms with E-state index in [4.69, 9.17) is 9.47 Å². The highest BCUT2D eigenvalue weighted by Crippen LogP contribution is 2.33. The predicted octanol–water partition coefficient (Wildman–Crippen LogP) is 3.07. The van der Waals surface area contributed by atoms with Crippen LogP contribution in [0.5, 0.6) is 11.5 Å². The highest BCUT2D eigenvalue weighted by atomic mass is 16.5. The smallest absolute Gasteiger partial charge is 0.161 e. The van der Waals surface area contributed by atoms with Gasteiger partial charge < -0.3 is 19.9 Å². The van der Waals surface area contributed by atoms with Gasteiger partial charge >= 0.3 is 0 Å². The standard InChI is InChI=1S/C17H29NO3/c1-11-8-14(20-6)15(21-7)9-13(11)12(2)18-10-16(19)17(3,4)5/h8-9,12,16,18-19H,10H2,1-7H3. The first-order valence-electron chi connectivity index (χ1n) is 7.34. The first-order valence-corrected chi connectivity index (χ1v) is 7.34. The lowest BCUT2D eigenvalue weighted by molar-refractivity contribution is 0.0609. The zero-order valence-electron chi connectivity index (χ0n) is 14.3. The largest absolute Gasteiger partial charge is 0.493 e. The van der Waals surface area contributed by atoms with Crippen molar-refractivity contribution in [3.63, 3.8) is 0 Å². The average molecular weight is 295 g/mol. The molecule has 120 valence electrons. The summed E-state index contributed by atoms with van der Waals surface area (Å²) < 4.78 is 10.7. The van der Waals surface area contributed by atoms with Crippen LogP contribution in [-0.4, -0.2) is 32.0 Å². The van der Waals surface area contributed by atoms with Crippen LogP contribution in [0, 0.1) is 12.3 Å². The highest BCUT2D eigenvalue weighted by Gasteiger charge is 2.23. The van der Waals surface area contributed by atoms with Crippen LogP contribution in [0.3, 0.4) is 0 Å². The van der Waals surface area contributed by atoms with Crippen molar-refractivity contribution in [2.45, 2.75) is 46.8 Å². The molecule has 2 N–H and O–H groups in total. The van der Waals surface area contributed by atoms with Crippen LogP contribution in [-0.2, 0) is 0 Å². The molecule has 0 fully saturated rings. The Morgan fingerprint density at radius 2 is 1.67 bits per heavy atom. The molecule has 1 aromatic carbocycles. The Morgan fingerprint density at radius 3 is 2.14 bits per heavy atom. The lowest BCUT2D eigenvalue weighted by Crippen LogP contribution is -2.37. The molecule has 4 heteroatoms. The zero-order chi connectivity index (χ0) is 16.2. The summed E-state index contributed by atoms with van der Waals surface area (Å²) in [7, 11) is 3.27. The van der Waals surface area contributed by atoms with E-state index in [0.29, 0.717) is 6.54 Å². The number of ether oxygens (including phenoxy) is 2. The van der Waals surface area contributed by atoms with Crippen LogP contribution >= 0.6 is 0 Å². The minimum absolute atomic E-state index is 0.126. The monoisotopic (exact) mass is 295 g/mol. The van der Waals surface area contributed by atoms with Crippen molar-refractivity contribution in [1.82, 2.24) is 5.32 Å². The first-order chi connectivity index (χ1) is 9.70. The van der Waals surface area contributed by atoms with Gasteiger partial charge in [-0.3, -0.25) is 0 Å². The molecule has 4 nitrogen and oxygen atoms in total. The Balaban J connectivity index is 2.85. The van der Waals surface area contributed by atoms with E-state index in [0.717, 1.165) is 22.6 Å². The predicted molar refractivity (Wildman–Crippen MR) is 86.2 cm³/mol. The van der Waals surface area contributed by atoms with Crippen molar-refractivity contribution >= 4 is 0 Å². The fraction of sp³-hybridized carbons (Fsp3) is 0.647. The van der Waals surface area contributed by atoms with Gasteiger partial charge in [0.1, 0.15) is 0 Å². The summed E-state index contributed by atoms with van der Waals surface area (Å²) in [6, 6.07) is 4.10. The SMILES string of the molecule is COc1cc(C)c(C(C)NCC(O)C(C)(C)C)cc1OC. The lowest BCUT2D eigenvalue weighted by Gasteiger charge is -2.28. The molecule has 2 unspecified atom stereocenters. The number of nitrogens with one attached hydrogen (secondary N) is 1. The molecule has 0 aliphatic rings. The van der Waals surface area contributed by atoms with E-state index in [1.165, 1.54) is 0 Å². The molecule has 0 amide bonds. The number of benzene rings is 1. The Bertz CT molecular complexity index is 466. The van der Waals surface area contributed by atoms with Crippen LogP contribution in [0.25, 0.3) is 0 Å². The topological polar surface area (TPSA) is 50.7 Å². The summed E-state index contributed by atoms with van der Waals surface area (Å²) in [5.74, 6) is 1.46. The van der Waals surface area contributed by atoms with Crippen molar-refractivity contribution in [1.29, 1.82) is 0 Å². The molecular formula is C17H29NO3. The third-order valence-electron chi connectivity index (χ3n) is 3.86. The van der Waals surface area contributed by atoms with Gasteiger partial charge in [-0.1, -0.05) is 20.8 Å². The maximum absolute atomic E-state index is 10.1. The van der Waals surface area contributed by atoms with E-state index < -0.39 is 0 Å². The molecule has 1 aromatic rings. The Labute approximate surface area is 128 Å². The van der Waals surface area contributed by atoms with Gasteiger partial charge in [-0.25, -0.2) is 0 Å². The van der Waals surface area contributed by atoms with E-state index in [2.05, 4.69) is 19.2 Å². The van der Waals surface area contributed by atoms with E-state index in [9.17, 15) is 5.11 Å². The van der Waals surface area contributed by atoms with Crippen LogP contribution in [0.15, 0.2) is 12.1 Å². The molecule has 21 heavy (non-hydrogen) atoms. The number of methoxy groups -OCH3 is 2. The van der Waals surface area contributed by atoms with E-state index in [1.807, 2.05) is 32.9 Å². The summed E-state index contributed by atoms with van der Waals surface area (Å²) >= 11 is 0. The molecule has 0 saturated heterocycles. The molecule has 0 heterocycles. The van der Waals surface area contributed by atoms with Crippen molar-refractivity contribution in [2.75, 3.05) is 20.8 Å². The summed E-state index contributed by atoms with van der Waals surface area (Å²) in [6.45, 7) is 10.8. The van der Waals surface area contributed by atoms with Gasteiger partial charge in [-0.15, -0.1) is 0 Å². The van der Waals surface area contributed by atoms with Gasteiger partial charge in [0, 0.05) is 12.6 Å². The Morgan fingerprint density at radius 1 is 1.14 bits per heavy atom. The second kappa shape index (κ2) is 7.14. The third kappa shape index (κ3) is 4.61. The summed E-state index contributed by atoms with van der Waals surface area (Å²) in [5, 5.41) is 13.5. The van der Waals surface area contributed by atoms with Gasteiger partial charge in [0.15, 0.2) is 11.5 Å². The minimum Gasteiger partial charge on any atom is -0.493 e. The maximum Gasteiger partial charge on any atom is 0.161 e. The second-order valence-electron chi connectivity index (χ2n) is 6.58. The summed E-state index contributed by atoms with van der Waals surface area (Å²) in [5.41, 5.74) is 2.16. The van der Waals surface area contributed by atoms with E-state index >= 15 is 0 Å². The fourth-order valence-electron chi connectivity index (χ4n) is 2.17. The summed E-state index contributed by atoms with van der Waals surface area (Å²) in [6.07, 6.45) is -0.389. The van der Waals surface area contributed by atoms with Crippen molar-refractivity contribution in [3.8, 4) is 11.5 Å². The van der Waals surface area contributed by atoms with Crippen LogP contribution in [0.4, 0.5) is 0 Å². The minimum atomic E-state index is -0.389.